The van der Waals surface area contributed by atoms with Crippen molar-refractivity contribution in [3.05, 3.63) is 83.3 Å². The highest BCUT2D eigenvalue weighted by molar-refractivity contribution is 9.10. The zero-order valence-corrected chi connectivity index (χ0v) is 15.3. The minimum atomic E-state index is -0.838. The minimum absolute atomic E-state index is 0.168. The summed E-state index contributed by atoms with van der Waals surface area (Å²) in [6.45, 7) is 0. The Kier molecular flexibility index (Phi) is 4.64. The average molecular weight is 450 g/mol. The van der Waals surface area contributed by atoms with Crippen LogP contribution in [0, 0.1) is 0 Å². The fourth-order valence-electron chi connectivity index (χ4n) is 2.10. The van der Waals surface area contributed by atoms with Crippen molar-refractivity contribution in [1.82, 2.24) is 0 Å². The summed E-state index contributed by atoms with van der Waals surface area (Å²) in [5, 5.41) is 12.8. The molecule has 5 nitrogen and oxygen atoms in total. The third-order valence-electron chi connectivity index (χ3n) is 3.29. The number of anilines is 2. The van der Waals surface area contributed by atoms with E-state index in [2.05, 4.69) is 42.2 Å². The van der Waals surface area contributed by atoms with E-state index in [-0.39, 0.29) is 11.0 Å². The molecule has 0 fully saturated rings. The smallest absolute Gasteiger partial charge is 0.257 e. The van der Waals surface area contributed by atoms with Gasteiger partial charge in [0.1, 0.15) is 5.69 Å². The molecule has 0 saturated carbocycles. The Hall–Kier alpha value is -2.25. The van der Waals surface area contributed by atoms with Crippen molar-refractivity contribution < 1.29 is 5.11 Å². The van der Waals surface area contributed by atoms with Crippen molar-refractivity contribution in [2.24, 2.45) is 4.99 Å². The third kappa shape index (κ3) is 3.32. The summed E-state index contributed by atoms with van der Waals surface area (Å²) >= 11 is 6.61. The molecule has 3 rings (SSSR count). The summed E-state index contributed by atoms with van der Waals surface area (Å²) in [4.78, 5) is 28.3. The summed E-state index contributed by atoms with van der Waals surface area (Å²) in [5.41, 5.74) is -0.781. The second-order valence-electron chi connectivity index (χ2n) is 4.95. The first-order chi connectivity index (χ1) is 11.5. The first-order valence-corrected chi connectivity index (χ1v) is 8.44. The number of hydrogen-bond donors (Lipinski definition) is 2. The van der Waals surface area contributed by atoms with Gasteiger partial charge in [-0.3, -0.25) is 9.59 Å². The number of hydrogen-bond acceptors (Lipinski definition) is 5. The summed E-state index contributed by atoms with van der Waals surface area (Å²) in [6.07, 6.45) is 0. The Labute approximate surface area is 153 Å². The van der Waals surface area contributed by atoms with E-state index in [0.29, 0.717) is 11.4 Å². The Balaban J connectivity index is 2.07. The van der Waals surface area contributed by atoms with Crippen LogP contribution in [0.15, 0.2) is 72.1 Å². The molecule has 120 valence electrons. The topological polar surface area (TPSA) is 78.8 Å². The van der Waals surface area contributed by atoms with Gasteiger partial charge in [0.25, 0.3) is 10.9 Å². The molecule has 0 aliphatic carbocycles. The molecule has 0 aliphatic heterocycles. The number of nitrogens with zero attached hydrogens (tertiary/aromatic N) is 1. The highest BCUT2D eigenvalue weighted by Gasteiger charge is 2.18. The minimum Gasteiger partial charge on any atom is -0.504 e. The SMILES string of the molecule is O=c1c(Nc2ccc(Br)cc2)c(O)c(=Nc2ccc(Br)cc2)c1=O. The molecule has 3 aromatic rings. The van der Waals surface area contributed by atoms with Crippen LogP contribution in [0.5, 0.6) is 5.75 Å². The normalized spacial score (nSPS) is 11.7. The lowest BCUT2D eigenvalue weighted by Crippen LogP contribution is -2.30. The molecule has 0 unspecified atom stereocenters. The summed E-state index contributed by atoms with van der Waals surface area (Å²) in [7, 11) is 0. The molecule has 7 heteroatoms. The summed E-state index contributed by atoms with van der Waals surface area (Å²) in [6, 6.07) is 13.8. The fourth-order valence-corrected chi connectivity index (χ4v) is 2.63. The van der Waals surface area contributed by atoms with Gasteiger partial charge in [-0.05, 0) is 48.5 Å². The van der Waals surface area contributed by atoms with Crippen LogP contribution in [-0.4, -0.2) is 5.11 Å². The van der Waals surface area contributed by atoms with Crippen LogP contribution in [0.25, 0.3) is 0 Å². The molecule has 24 heavy (non-hydrogen) atoms. The quantitative estimate of drug-likeness (QED) is 0.600. The predicted octanol–water partition coefficient (Wildman–Crippen LogP) is 3.49. The summed E-state index contributed by atoms with van der Waals surface area (Å²) in [5.74, 6) is -0.448. The monoisotopic (exact) mass is 448 g/mol. The van der Waals surface area contributed by atoms with E-state index in [1.807, 2.05) is 0 Å². The van der Waals surface area contributed by atoms with E-state index in [1.165, 1.54) is 0 Å². The Bertz CT molecular complexity index is 1040. The zero-order chi connectivity index (χ0) is 17.3. The third-order valence-corrected chi connectivity index (χ3v) is 4.35. The lowest BCUT2D eigenvalue weighted by atomic mass is 10.3. The van der Waals surface area contributed by atoms with Gasteiger partial charge in [-0.15, -0.1) is 0 Å². The molecule has 0 bridgehead atoms. The standard InChI is InChI=1S/C17H10Br2N2O3/c18-9-1-5-11(6-2-9)20-13-15(22)14(17(24)16(13)23)21-12-7-3-10(19)4-8-12/h1-8,20,22H. The molecule has 0 heterocycles. The van der Waals surface area contributed by atoms with Crippen molar-refractivity contribution in [2.45, 2.75) is 0 Å². The van der Waals surface area contributed by atoms with Gasteiger partial charge in [0.05, 0.1) is 5.69 Å². The summed E-state index contributed by atoms with van der Waals surface area (Å²) < 4.78 is 1.73. The highest BCUT2D eigenvalue weighted by Crippen LogP contribution is 2.22. The van der Waals surface area contributed by atoms with Gasteiger partial charge in [0, 0.05) is 14.6 Å². The van der Waals surface area contributed by atoms with Gasteiger partial charge in [0.2, 0.25) is 0 Å². The Morgan fingerprint density at radius 3 is 1.96 bits per heavy atom. The zero-order valence-electron chi connectivity index (χ0n) is 12.1. The number of aromatic hydroxyl groups is 1. The van der Waals surface area contributed by atoms with Crippen molar-refractivity contribution >= 4 is 48.9 Å². The highest BCUT2D eigenvalue weighted by atomic mass is 79.9. The molecule has 0 aromatic heterocycles. The maximum atomic E-state index is 12.1. The van der Waals surface area contributed by atoms with Crippen LogP contribution in [0.3, 0.4) is 0 Å². The van der Waals surface area contributed by atoms with Gasteiger partial charge >= 0.3 is 0 Å². The van der Waals surface area contributed by atoms with Crippen LogP contribution in [0.1, 0.15) is 0 Å². The largest absolute Gasteiger partial charge is 0.504 e. The first-order valence-electron chi connectivity index (χ1n) is 6.85. The maximum Gasteiger partial charge on any atom is 0.257 e. The molecule has 0 radical (unpaired) electrons. The van der Waals surface area contributed by atoms with Crippen LogP contribution in [0.2, 0.25) is 0 Å². The van der Waals surface area contributed by atoms with Gasteiger partial charge in [-0.2, -0.15) is 0 Å². The van der Waals surface area contributed by atoms with Gasteiger partial charge in [-0.1, -0.05) is 31.9 Å². The number of benzene rings is 2. The van der Waals surface area contributed by atoms with E-state index in [4.69, 9.17) is 0 Å². The lowest BCUT2D eigenvalue weighted by molar-refractivity contribution is 0.472. The van der Waals surface area contributed by atoms with Crippen molar-refractivity contribution in [3.63, 3.8) is 0 Å². The van der Waals surface area contributed by atoms with Crippen LogP contribution in [-0.2, 0) is 0 Å². The number of nitrogens with one attached hydrogen (secondary N) is 1. The first kappa shape index (κ1) is 16.6. The van der Waals surface area contributed by atoms with E-state index in [1.54, 1.807) is 48.5 Å². The van der Waals surface area contributed by atoms with Crippen LogP contribution >= 0.6 is 31.9 Å². The van der Waals surface area contributed by atoms with E-state index in [9.17, 15) is 14.7 Å². The van der Waals surface area contributed by atoms with Gasteiger partial charge in [0.15, 0.2) is 11.1 Å². The molecule has 0 amide bonds. The molecule has 0 saturated heterocycles. The Morgan fingerprint density at radius 1 is 0.833 bits per heavy atom. The predicted molar refractivity (Wildman–Crippen MR) is 99.8 cm³/mol. The molecule has 0 spiro atoms. The van der Waals surface area contributed by atoms with Gasteiger partial charge in [-0.25, -0.2) is 4.99 Å². The molecule has 0 atom stereocenters. The van der Waals surface area contributed by atoms with E-state index in [0.717, 1.165) is 8.95 Å². The van der Waals surface area contributed by atoms with Crippen molar-refractivity contribution in [2.75, 3.05) is 5.32 Å². The Morgan fingerprint density at radius 2 is 1.38 bits per heavy atom. The molecule has 2 N–H and O–H groups in total. The second-order valence-corrected chi connectivity index (χ2v) is 6.78. The average Bonchev–Trinajstić information content (AvgIpc) is 2.76. The molecular weight excluding hydrogens is 440 g/mol. The number of halogens is 2. The fraction of sp³-hybridized carbons (Fsp3) is 0. The lowest BCUT2D eigenvalue weighted by Gasteiger charge is -2.03. The molecule has 3 aromatic carbocycles. The molecular formula is C17H10Br2N2O3. The van der Waals surface area contributed by atoms with E-state index >= 15 is 0 Å². The van der Waals surface area contributed by atoms with Crippen molar-refractivity contribution in [3.8, 4) is 5.75 Å². The van der Waals surface area contributed by atoms with Crippen LogP contribution in [0.4, 0.5) is 17.1 Å². The maximum absolute atomic E-state index is 12.1. The second kappa shape index (κ2) is 6.70. The van der Waals surface area contributed by atoms with Gasteiger partial charge < -0.3 is 10.4 Å². The van der Waals surface area contributed by atoms with Crippen molar-refractivity contribution in [1.29, 1.82) is 0 Å². The molecule has 0 aliphatic rings. The van der Waals surface area contributed by atoms with E-state index < -0.39 is 16.6 Å². The number of rotatable bonds is 3. The van der Waals surface area contributed by atoms with Crippen LogP contribution < -0.4 is 21.5 Å².